The van der Waals surface area contributed by atoms with Crippen molar-refractivity contribution >= 4 is 22.5 Å². The molecule has 5 rings (SSSR count). The number of amides is 1. The number of carbonyl (C=O) groups is 1. The first kappa shape index (κ1) is 24.5. The highest BCUT2D eigenvalue weighted by molar-refractivity contribution is 5.95. The number of benzene rings is 2. The van der Waals surface area contributed by atoms with Crippen molar-refractivity contribution in [2.75, 3.05) is 13.2 Å². The summed E-state index contributed by atoms with van der Waals surface area (Å²) in [5, 5.41) is 20.0. The molecule has 2 bridgehead atoms. The zero-order valence-corrected chi connectivity index (χ0v) is 21.9. The molecule has 1 N–H and O–H groups in total. The Morgan fingerprint density at radius 1 is 1.11 bits per heavy atom. The van der Waals surface area contributed by atoms with E-state index < -0.39 is 5.91 Å². The summed E-state index contributed by atoms with van der Waals surface area (Å²) in [7, 11) is 0. The van der Waals surface area contributed by atoms with Crippen molar-refractivity contribution in [3.05, 3.63) is 53.6 Å². The van der Waals surface area contributed by atoms with Crippen LogP contribution in [0, 0.1) is 24.7 Å². The minimum Gasteiger partial charge on any atom is -0.493 e. The van der Waals surface area contributed by atoms with Crippen molar-refractivity contribution in [3.8, 4) is 11.6 Å². The van der Waals surface area contributed by atoms with Gasteiger partial charge < -0.3 is 9.84 Å². The van der Waals surface area contributed by atoms with Crippen LogP contribution >= 0.6 is 0 Å². The first-order valence-electron chi connectivity index (χ1n) is 12.7. The van der Waals surface area contributed by atoms with Gasteiger partial charge in [-0.25, -0.2) is 0 Å². The molecular formula is C29H36N4O3. The lowest BCUT2D eigenvalue weighted by Gasteiger charge is -2.40. The van der Waals surface area contributed by atoms with E-state index in [4.69, 9.17) is 4.74 Å². The number of aromatic hydroxyl groups is 1. The Morgan fingerprint density at radius 2 is 1.89 bits per heavy atom. The van der Waals surface area contributed by atoms with E-state index in [1.165, 1.54) is 12.8 Å². The number of hydrogen-bond donors (Lipinski definition) is 1. The van der Waals surface area contributed by atoms with Crippen LogP contribution in [0.15, 0.2) is 52.7 Å². The first-order valence-corrected chi connectivity index (χ1v) is 12.7. The maximum atomic E-state index is 12.5. The summed E-state index contributed by atoms with van der Waals surface area (Å²) < 4.78 is 7.57. The van der Waals surface area contributed by atoms with E-state index in [0.717, 1.165) is 35.0 Å². The molecule has 1 saturated heterocycles. The van der Waals surface area contributed by atoms with E-state index >= 15 is 0 Å². The van der Waals surface area contributed by atoms with E-state index in [-0.39, 0.29) is 12.5 Å². The van der Waals surface area contributed by atoms with Crippen LogP contribution in [0.4, 0.5) is 5.69 Å². The monoisotopic (exact) mass is 488 g/mol. The zero-order chi connectivity index (χ0) is 25.7. The van der Waals surface area contributed by atoms with Gasteiger partial charge in [-0.15, -0.1) is 10.2 Å². The minimum absolute atomic E-state index is 0.0362. The fraction of sp³-hybridized carbons (Fsp3) is 0.483. The van der Waals surface area contributed by atoms with Gasteiger partial charge in [0.2, 0.25) is 5.88 Å². The summed E-state index contributed by atoms with van der Waals surface area (Å²) in [6.07, 6.45) is 3.57. The Bertz CT molecular complexity index is 1340. The molecule has 1 saturated carbocycles. The van der Waals surface area contributed by atoms with Crippen LogP contribution in [-0.2, 0) is 11.5 Å². The normalized spacial score (nSPS) is 23.5. The summed E-state index contributed by atoms with van der Waals surface area (Å²) >= 11 is 0. The smallest absolute Gasteiger partial charge is 0.302 e. The molecule has 2 fully saturated rings. The maximum absolute atomic E-state index is 12.5. The summed E-state index contributed by atoms with van der Waals surface area (Å²) in [5.41, 5.74) is 3.92. The number of azo groups is 1. The molecular weight excluding hydrogens is 452 g/mol. The van der Waals surface area contributed by atoms with Crippen molar-refractivity contribution in [1.82, 2.24) is 9.47 Å². The van der Waals surface area contributed by atoms with Crippen LogP contribution in [-0.4, -0.2) is 39.7 Å². The number of likely N-dealkylation sites (tertiary alicyclic amines) is 1. The molecule has 36 heavy (non-hydrogen) atoms. The highest BCUT2D eigenvalue weighted by atomic mass is 16.5. The Kier molecular flexibility index (Phi) is 6.15. The van der Waals surface area contributed by atoms with Gasteiger partial charge in [0, 0.05) is 18.0 Å². The van der Waals surface area contributed by atoms with Gasteiger partial charge in [0.25, 0.3) is 0 Å². The molecule has 1 aromatic heterocycles. The van der Waals surface area contributed by atoms with E-state index in [9.17, 15) is 9.90 Å². The van der Waals surface area contributed by atoms with Crippen molar-refractivity contribution in [1.29, 1.82) is 0 Å². The quantitative estimate of drug-likeness (QED) is 0.401. The van der Waals surface area contributed by atoms with E-state index in [0.29, 0.717) is 35.0 Å². The lowest BCUT2D eigenvalue weighted by atomic mass is 9.65. The second-order valence-corrected chi connectivity index (χ2v) is 11.8. The standard InChI is InChI=1S/C29H36N4O3/c1-19-9-8-12-24(20(19)2)36-15-25(34)30-31-26-22-10-6-7-11-23(22)33(27(26)35)18-32-17-29(5)14-21(32)13-28(3,4)16-29/h6-12,21,35H,13-18H2,1-5H3/t21-,29-/m0/s1. The van der Waals surface area contributed by atoms with Crippen molar-refractivity contribution < 1.29 is 14.6 Å². The molecule has 2 aliphatic rings. The Morgan fingerprint density at radius 3 is 2.69 bits per heavy atom. The van der Waals surface area contributed by atoms with Gasteiger partial charge in [-0.05, 0) is 67.2 Å². The molecule has 190 valence electrons. The topological polar surface area (TPSA) is 79.4 Å². The van der Waals surface area contributed by atoms with Gasteiger partial charge in [-0.3, -0.25) is 14.3 Å². The summed E-state index contributed by atoms with van der Waals surface area (Å²) in [5.74, 6) is 0.190. The second-order valence-electron chi connectivity index (χ2n) is 11.8. The van der Waals surface area contributed by atoms with E-state index in [2.05, 4.69) is 35.9 Å². The highest BCUT2D eigenvalue weighted by Crippen LogP contribution is 2.53. The van der Waals surface area contributed by atoms with E-state index in [1.54, 1.807) is 0 Å². The molecule has 2 atom stereocenters. The maximum Gasteiger partial charge on any atom is 0.302 e. The van der Waals surface area contributed by atoms with Crippen LogP contribution in [0.2, 0.25) is 0 Å². The molecule has 0 radical (unpaired) electrons. The predicted molar refractivity (Wildman–Crippen MR) is 141 cm³/mol. The molecule has 0 unspecified atom stereocenters. The summed E-state index contributed by atoms with van der Waals surface area (Å²) in [6.45, 7) is 12.5. The SMILES string of the molecule is Cc1cccc(OCC(=O)N=Nc2c(O)n(CN3C[C@@]4(C)C[C@@H]3CC(C)(C)C4)c3ccccc23)c1C. The van der Waals surface area contributed by atoms with Crippen LogP contribution < -0.4 is 4.74 Å². The number of rotatable bonds is 6. The molecule has 2 aromatic carbocycles. The molecule has 7 nitrogen and oxygen atoms in total. The van der Waals surface area contributed by atoms with Crippen LogP contribution in [0.3, 0.4) is 0 Å². The minimum atomic E-state index is -0.504. The van der Waals surface area contributed by atoms with Crippen molar-refractivity contribution in [2.45, 2.75) is 66.6 Å². The number of para-hydroxylation sites is 1. The number of ether oxygens (including phenoxy) is 1. The van der Waals surface area contributed by atoms with Crippen LogP contribution in [0.1, 0.15) is 51.2 Å². The van der Waals surface area contributed by atoms with Gasteiger partial charge in [-0.1, -0.05) is 51.1 Å². The summed E-state index contributed by atoms with van der Waals surface area (Å²) in [6, 6.07) is 14.0. The average molecular weight is 489 g/mol. The molecule has 1 aliphatic heterocycles. The lowest BCUT2D eigenvalue weighted by Crippen LogP contribution is -2.35. The second kappa shape index (κ2) is 9.04. The summed E-state index contributed by atoms with van der Waals surface area (Å²) in [4.78, 5) is 14.9. The number of hydrogen-bond acceptors (Lipinski definition) is 5. The third-order valence-corrected chi connectivity index (χ3v) is 7.93. The van der Waals surface area contributed by atoms with Gasteiger partial charge in [0.1, 0.15) is 5.75 Å². The molecule has 1 aliphatic carbocycles. The lowest BCUT2D eigenvalue weighted by molar-refractivity contribution is -0.120. The molecule has 2 heterocycles. The highest BCUT2D eigenvalue weighted by Gasteiger charge is 2.49. The molecule has 0 spiro atoms. The first-order chi connectivity index (χ1) is 17.1. The fourth-order valence-electron chi connectivity index (χ4n) is 6.59. The number of fused-ring (bicyclic) bond motifs is 3. The zero-order valence-electron chi connectivity index (χ0n) is 21.9. The molecule has 7 heteroatoms. The molecule has 3 aromatic rings. The molecule has 1 amide bonds. The Labute approximate surface area is 212 Å². The fourth-order valence-corrected chi connectivity index (χ4v) is 6.59. The van der Waals surface area contributed by atoms with Crippen molar-refractivity contribution in [3.63, 3.8) is 0 Å². The van der Waals surface area contributed by atoms with Crippen LogP contribution in [0.25, 0.3) is 10.9 Å². The van der Waals surface area contributed by atoms with Crippen molar-refractivity contribution in [2.24, 2.45) is 21.1 Å². The van der Waals surface area contributed by atoms with Gasteiger partial charge in [-0.2, -0.15) is 0 Å². The Balaban J connectivity index is 1.36. The number of nitrogens with zero attached hydrogens (tertiary/aromatic N) is 4. The Hall–Kier alpha value is -3.19. The third-order valence-electron chi connectivity index (χ3n) is 7.93. The van der Waals surface area contributed by atoms with Crippen LogP contribution in [0.5, 0.6) is 11.6 Å². The van der Waals surface area contributed by atoms with E-state index in [1.807, 2.05) is 60.9 Å². The average Bonchev–Trinajstić information content (AvgIpc) is 3.21. The van der Waals surface area contributed by atoms with Gasteiger partial charge >= 0.3 is 5.91 Å². The number of aromatic nitrogens is 1. The number of carbonyl (C=O) groups excluding carboxylic acids is 1. The number of aryl methyl sites for hydroxylation is 1. The van der Waals surface area contributed by atoms with Gasteiger partial charge in [0.05, 0.1) is 12.2 Å². The van der Waals surface area contributed by atoms with Gasteiger partial charge in [0.15, 0.2) is 12.3 Å². The third kappa shape index (κ3) is 4.64. The predicted octanol–water partition coefficient (Wildman–Crippen LogP) is 6.51. The largest absolute Gasteiger partial charge is 0.493 e.